The van der Waals surface area contributed by atoms with Crippen LogP contribution in [-0.4, -0.2) is 22.0 Å². The van der Waals surface area contributed by atoms with Crippen molar-refractivity contribution in [3.63, 3.8) is 0 Å². The van der Waals surface area contributed by atoms with E-state index >= 15 is 0 Å². The minimum Gasteiger partial charge on any atom is -0.307 e. The second-order valence-corrected chi connectivity index (χ2v) is 15.8. The van der Waals surface area contributed by atoms with E-state index in [4.69, 9.17) is 6.57 Å². The number of rotatable bonds is 1. The standard InChI is InChI=1S/C35H44N2O3/c1-30(2)13-15-35(29(40)37-17-9-10-18-37)16-14-34(7)27(22(35)20-30)24(38)19-26-32(5)21-23(36-8)28(39)31(3,4)25(32)11-12-33(26,34)6/h9-10,17-19,21-22,25,27H,11-16,20H2,1-7H3/t22?,25-,27?,32-,33+,34+,35-/m0/s1. The van der Waals surface area contributed by atoms with Crippen LogP contribution in [0.4, 0.5) is 0 Å². The minimum absolute atomic E-state index is 0.0173. The van der Waals surface area contributed by atoms with Gasteiger partial charge in [-0.1, -0.05) is 60.1 Å². The second kappa shape index (κ2) is 8.17. The first kappa shape index (κ1) is 27.4. The predicted octanol–water partition coefficient (Wildman–Crippen LogP) is 7.70. The smallest absolute Gasteiger partial charge is 0.237 e. The molecule has 3 fully saturated rings. The molecule has 1 heterocycles. The lowest BCUT2D eigenvalue weighted by molar-refractivity contribution is -0.164. The van der Waals surface area contributed by atoms with Gasteiger partial charge in [0.15, 0.2) is 11.6 Å². The summed E-state index contributed by atoms with van der Waals surface area (Å²) in [6, 6.07) is 3.82. The summed E-state index contributed by atoms with van der Waals surface area (Å²) in [5.74, 6) is 0.0257. The topological polar surface area (TPSA) is 60.5 Å². The lowest BCUT2D eigenvalue weighted by Gasteiger charge is -2.69. The van der Waals surface area contributed by atoms with Gasteiger partial charge in [0.1, 0.15) is 0 Å². The molecule has 40 heavy (non-hydrogen) atoms. The van der Waals surface area contributed by atoms with Crippen LogP contribution in [0, 0.1) is 56.8 Å². The van der Waals surface area contributed by atoms with Crippen LogP contribution in [0.1, 0.15) is 98.2 Å². The van der Waals surface area contributed by atoms with Crippen molar-refractivity contribution in [1.29, 1.82) is 0 Å². The maximum atomic E-state index is 14.6. The van der Waals surface area contributed by atoms with Crippen molar-refractivity contribution in [2.75, 3.05) is 0 Å². The van der Waals surface area contributed by atoms with Crippen molar-refractivity contribution in [2.45, 2.75) is 93.4 Å². The zero-order valence-electron chi connectivity index (χ0n) is 25.3. The van der Waals surface area contributed by atoms with Crippen molar-refractivity contribution in [3.8, 4) is 0 Å². The molecule has 6 rings (SSSR count). The Bertz CT molecular complexity index is 1420. The first-order chi connectivity index (χ1) is 18.6. The van der Waals surface area contributed by atoms with Gasteiger partial charge in [-0.3, -0.25) is 14.2 Å². The minimum atomic E-state index is -0.662. The third-order valence-corrected chi connectivity index (χ3v) is 13.1. The molecule has 5 aliphatic rings. The maximum Gasteiger partial charge on any atom is 0.237 e. The van der Waals surface area contributed by atoms with Gasteiger partial charge in [0.2, 0.25) is 11.6 Å². The molecule has 3 saturated carbocycles. The fraction of sp³-hybridized carbons (Fsp3) is 0.657. The molecule has 5 heteroatoms. The van der Waals surface area contributed by atoms with Gasteiger partial charge in [-0.2, -0.15) is 0 Å². The molecular formula is C35H44N2O3. The van der Waals surface area contributed by atoms with Crippen LogP contribution in [0.5, 0.6) is 0 Å². The Morgan fingerprint density at radius 3 is 2.25 bits per heavy atom. The van der Waals surface area contributed by atoms with Crippen LogP contribution in [0.15, 0.2) is 47.9 Å². The Hall–Kier alpha value is -2.74. The number of carbonyl (C=O) groups is 3. The van der Waals surface area contributed by atoms with E-state index in [0.29, 0.717) is 0 Å². The third kappa shape index (κ3) is 3.23. The molecule has 5 nitrogen and oxygen atoms in total. The quantitative estimate of drug-likeness (QED) is 0.343. The van der Waals surface area contributed by atoms with Gasteiger partial charge >= 0.3 is 0 Å². The molecule has 7 atom stereocenters. The van der Waals surface area contributed by atoms with Crippen LogP contribution in [-0.2, 0) is 9.59 Å². The van der Waals surface area contributed by atoms with Gasteiger partial charge in [-0.05, 0) is 91.2 Å². The Morgan fingerprint density at radius 2 is 1.60 bits per heavy atom. The fourth-order valence-electron chi connectivity index (χ4n) is 10.7. The van der Waals surface area contributed by atoms with Crippen molar-refractivity contribution in [1.82, 2.24) is 4.57 Å². The zero-order chi connectivity index (χ0) is 29.1. The third-order valence-electron chi connectivity index (χ3n) is 13.1. The molecular weight excluding hydrogens is 496 g/mol. The number of fused-ring (bicyclic) bond motifs is 7. The van der Waals surface area contributed by atoms with Gasteiger partial charge in [0.05, 0.1) is 12.0 Å². The van der Waals surface area contributed by atoms with Crippen molar-refractivity contribution in [3.05, 3.63) is 59.4 Å². The lowest BCUT2D eigenvalue weighted by atomic mass is 9.34. The summed E-state index contributed by atoms with van der Waals surface area (Å²) in [6.45, 7) is 23.2. The predicted molar refractivity (Wildman–Crippen MR) is 155 cm³/mol. The number of allylic oxidation sites excluding steroid dienone is 4. The number of hydrogen-bond donors (Lipinski definition) is 0. The monoisotopic (exact) mass is 540 g/mol. The van der Waals surface area contributed by atoms with Gasteiger partial charge in [-0.25, -0.2) is 4.85 Å². The van der Waals surface area contributed by atoms with Crippen LogP contribution >= 0.6 is 0 Å². The summed E-state index contributed by atoms with van der Waals surface area (Å²) < 4.78 is 1.76. The molecule has 5 aliphatic carbocycles. The summed E-state index contributed by atoms with van der Waals surface area (Å²) in [6.07, 6.45) is 13.6. The normalized spacial score (nSPS) is 43.2. The number of hydrogen-bond acceptors (Lipinski definition) is 3. The molecule has 1 aromatic rings. The molecule has 0 amide bonds. The maximum absolute atomic E-state index is 14.6. The van der Waals surface area contributed by atoms with E-state index in [9.17, 15) is 14.4 Å². The SMILES string of the molecule is [C-]#[N+]C1=C[C@]2(C)C3=CC(=O)C4C5CC(C)(C)CC[C@]5(C(=O)n5cccc5)CC[C@@]4(C)[C@]3(C)CC[C@H]2C(C)(C)C1=O. The van der Waals surface area contributed by atoms with Crippen LogP contribution < -0.4 is 0 Å². The molecule has 0 bridgehead atoms. The van der Waals surface area contributed by atoms with Crippen molar-refractivity contribution in [2.24, 2.45) is 50.2 Å². The number of ketones is 2. The second-order valence-electron chi connectivity index (χ2n) is 15.8. The summed E-state index contributed by atoms with van der Waals surface area (Å²) in [7, 11) is 0. The van der Waals surface area contributed by atoms with E-state index in [2.05, 4.69) is 39.5 Å². The number of carbonyl (C=O) groups excluding carboxylic acids is 3. The Balaban J connectivity index is 1.53. The molecule has 0 saturated heterocycles. The van der Waals surface area contributed by atoms with Gasteiger partial charge in [0.25, 0.3) is 0 Å². The van der Waals surface area contributed by atoms with Gasteiger partial charge in [0, 0.05) is 29.1 Å². The fourth-order valence-corrected chi connectivity index (χ4v) is 10.7. The highest BCUT2D eigenvalue weighted by Crippen LogP contribution is 2.74. The number of aromatic nitrogens is 1. The molecule has 0 spiro atoms. The number of Topliss-reactive ketones (excluding diaryl/α,β-unsaturated/α-hetero) is 1. The molecule has 1 aromatic heterocycles. The van der Waals surface area contributed by atoms with E-state index in [0.717, 1.165) is 50.5 Å². The first-order valence-corrected chi connectivity index (χ1v) is 15.2. The largest absolute Gasteiger partial charge is 0.307 e. The van der Waals surface area contributed by atoms with E-state index in [1.165, 1.54) is 0 Å². The van der Waals surface area contributed by atoms with E-state index in [-0.39, 0.29) is 57.2 Å². The average molecular weight is 541 g/mol. The van der Waals surface area contributed by atoms with E-state index < -0.39 is 16.2 Å². The summed E-state index contributed by atoms with van der Waals surface area (Å²) in [5, 5.41) is 0. The van der Waals surface area contributed by atoms with E-state index in [1.807, 2.05) is 50.5 Å². The zero-order valence-corrected chi connectivity index (χ0v) is 25.3. The van der Waals surface area contributed by atoms with Gasteiger partial charge < -0.3 is 4.79 Å². The van der Waals surface area contributed by atoms with Crippen molar-refractivity contribution >= 4 is 17.5 Å². The molecule has 2 unspecified atom stereocenters. The Morgan fingerprint density at radius 1 is 0.950 bits per heavy atom. The van der Waals surface area contributed by atoms with Crippen molar-refractivity contribution < 1.29 is 14.4 Å². The average Bonchev–Trinajstić information content (AvgIpc) is 3.42. The highest BCUT2D eigenvalue weighted by Gasteiger charge is 2.70. The molecule has 0 radical (unpaired) electrons. The van der Waals surface area contributed by atoms with Crippen LogP contribution in [0.25, 0.3) is 4.85 Å². The molecule has 0 aromatic carbocycles. The van der Waals surface area contributed by atoms with E-state index in [1.54, 1.807) is 4.57 Å². The lowest BCUT2D eigenvalue weighted by Crippen LogP contribution is -2.66. The van der Waals surface area contributed by atoms with Crippen LogP contribution in [0.3, 0.4) is 0 Å². The Kier molecular flexibility index (Phi) is 5.61. The summed E-state index contributed by atoms with van der Waals surface area (Å²) >= 11 is 0. The van der Waals surface area contributed by atoms with Crippen LogP contribution in [0.2, 0.25) is 0 Å². The first-order valence-electron chi connectivity index (χ1n) is 15.2. The highest BCUT2D eigenvalue weighted by atomic mass is 16.2. The molecule has 0 aliphatic heterocycles. The molecule has 0 N–H and O–H groups in total. The Labute approximate surface area is 239 Å². The van der Waals surface area contributed by atoms with Gasteiger partial charge in [-0.15, -0.1) is 0 Å². The summed E-state index contributed by atoms with van der Waals surface area (Å²) in [5.41, 5.74) is -0.907. The summed E-state index contributed by atoms with van der Waals surface area (Å²) in [4.78, 5) is 45.8. The highest BCUT2D eigenvalue weighted by molar-refractivity contribution is 6.03. The number of nitrogens with zero attached hydrogens (tertiary/aromatic N) is 2. The molecule has 212 valence electrons.